The van der Waals surface area contributed by atoms with E-state index in [0.29, 0.717) is 24.0 Å². The number of carbonyl (C=O) groups is 1. The highest BCUT2D eigenvalue weighted by molar-refractivity contribution is 5.81. The van der Waals surface area contributed by atoms with Gasteiger partial charge in [0.2, 0.25) is 11.7 Å². The van der Waals surface area contributed by atoms with E-state index in [9.17, 15) is 4.79 Å². The van der Waals surface area contributed by atoms with Crippen LogP contribution in [0.15, 0.2) is 59.1 Å². The van der Waals surface area contributed by atoms with Gasteiger partial charge in [-0.3, -0.25) is 4.79 Å². The average Bonchev–Trinajstić information content (AvgIpc) is 3.27. The van der Waals surface area contributed by atoms with Gasteiger partial charge in [-0.2, -0.15) is 4.98 Å². The maximum Gasteiger partial charge on any atom is 0.264 e. The number of benzene rings is 2. The molecule has 2 aromatic carbocycles. The van der Waals surface area contributed by atoms with Crippen LogP contribution in [-0.4, -0.2) is 33.1 Å². The fourth-order valence-corrected chi connectivity index (χ4v) is 4.13. The van der Waals surface area contributed by atoms with Gasteiger partial charge in [0.15, 0.2) is 6.10 Å². The van der Waals surface area contributed by atoms with Crippen LogP contribution in [0.5, 0.6) is 5.75 Å². The zero-order valence-corrected chi connectivity index (χ0v) is 18.2. The number of amides is 1. The Morgan fingerprint density at radius 3 is 2.65 bits per heavy atom. The number of ether oxygens (including phenoxy) is 1. The van der Waals surface area contributed by atoms with Gasteiger partial charge in [-0.15, -0.1) is 0 Å². The summed E-state index contributed by atoms with van der Waals surface area (Å²) in [6, 6.07) is 17.6. The third-order valence-electron chi connectivity index (χ3n) is 5.75. The largest absolute Gasteiger partial charge is 0.481 e. The van der Waals surface area contributed by atoms with Crippen molar-refractivity contribution in [1.29, 1.82) is 0 Å². The first kappa shape index (κ1) is 21.1. The minimum atomic E-state index is -0.594. The molecule has 0 radical (unpaired) electrons. The predicted octanol–water partition coefficient (Wildman–Crippen LogP) is 5.17. The number of aryl methyl sites for hydroxylation is 1. The van der Waals surface area contributed by atoms with Crippen LogP contribution in [0.1, 0.15) is 50.5 Å². The minimum Gasteiger partial charge on any atom is -0.481 e. The Bertz CT molecular complexity index is 996. The lowest BCUT2D eigenvalue weighted by atomic mass is 9.94. The maximum atomic E-state index is 13.4. The summed E-state index contributed by atoms with van der Waals surface area (Å²) < 4.78 is 11.4. The van der Waals surface area contributed by atoms with Crippen molar-refractivity contribution in [2.45, 2.75) is 64.6 Å². The quantitative estimate of drug-likeness (QED) is 0.528. The number of rotatable bonds is 7. The van der Waals surface area contributed by atoms with Gasteiger partial charge >= 0.3 is 0 Å². The van der Waals surface area contributed by atoms with Crippen molar-refractivity contribution in [2.75, 3.05) is 0 Å². The molecule has 4 rings (SSSR count). The molecule has 0 N–H and O–H groups in total. The van der Waals surface area contributed by atoms with E-state index in [-0.39, 0.29) is 11.9 Å². The number of aromatic nitrogens is 2. The van der Waals surface area contributed by atoms with Gasteiger partial charge in [-0.05, 0) is 44.9 Å². The SMILES string of the molecule is Cc1cccc(-c2noc(CN(C(=O)[C@H](C)Oc3ccccc3)C3CCCCC3)n2)c1. The first-order valence-electron chi connectivity index (χ1n) is 11.0. The molecule has 1 saturated carbocycles. The molecule has 1 aromatic heterocycles. The molecule has 0 saturated heterocycles. The first-order valence-corrected chi connectivity index (χ1v) is 11.0. The van der Waals surface area contributed by atoms with Crippen LogP contribution in [0, 0.1) is 6.92 Å². The molecule has 162 valence electrons. The van der Waals surface area contributed by atoms with E-state index in [4.69, 9.17) is 9.26 Å². The van der Waals surface area contributed by atoms with E-state index < -0.39 is 6.10 Å². The Morgan fingerprint density at radius 2 is 1.90 bits per heavy atom. The van der Waals surface area contributed by atoms with E-state index in [0.717, 1.165) is 36.8 Å². The minimum absolute atomic E-state index is 0.0499. The summed E-state index contributed by atoms with van der Waals surface area (Å²) in [4.78, 5) is 19.8. The van der Waals surface area contributed by atoms with E-state index in [1.165, 1.54) is 6.42 Å². The summed E-state index contributed by atoms with van der Waals surface area (Å²) in [6.07, 6.45) is 4.85. The number of para-hydroxylation sites is 1. The molecule has 1 aliphatic rings. The number of hydrogen-bond donors (Lipinski definition) is 0. The summed E-state index contributed by atoms with van der Waals surface area (Å²) in [5.41, 5.74) is 2.04. The van der Waals surface area contributed by atoms with E-state index in [1.54, 1.807) is 6.92 Å². The van der Waals surface area contributed by atoms with E-state index in [2.05, 4.69) is 10.1 Å². The maximum absolute atomic E-state index is 13.4. The molecule has 0 spiro atoms. The van der Waals surface area contributed by atoms with Crippen molar-refractivity contribution in [3.05, 3.63) is 66.1 Å². The van der Waals surface area contributed by atoms with Gasteiger partial charge < -0.3 is 14.2 Å². The lowest BCUT2D eigenvalue weighted by Gasteiger charge is -2.35. The van der Waals surface area contributed by atoms with Crippen LogP contribution in [-0.2, 0) is 11.3 Å². The number of hydrogen-bond acceptors (Lipinski definition) is 5. The molecule has 6 nitrogen and oxygen atoms in total. The van der Waals surface area contributed by atoms with Crippen molar-refractivity contribution in [3.63, 3.8) is 0 Å². The average molecular weight is 420 g/mol. The van der Waals surface area contributed by atoms with Crippen LogP contribution in [0.2, 0.25) is 0 Å². The summed E-state index contributed by atoms with van der Waals surface area (Å²) in [7, 11) is 0. The third kappa shape index (κ3) is 5.32. The predicted molar refractivity (Wildman–Crippen MR) is 118 cm³/mol. The van der Waals surface area contributed by atoms with Crippen molar-refractivity contribution < 1.29 is 14.1 Å². The monoisotopic (exact) mass is 419 g/mol. The van der Waals surface area contributed by atoms with Crippen LogP contribution in [0.25, 0.3) is 11.4 Å². The highest BCUT2D eigenvalue weighted by atomic mass is 16.5. The van der Waals surface area contributed by atoms with Gasteiger partial charge in [0.05, 0.1) is 0 Å². The Labute approximate surface area is 183 Å². The van der Waals surface area contributed by atoms with Crippen LogP contribution in [0.3, 0.4) is 0 Å². The molecule has 6 heteroatoms. The Kier molecular flexibility index (Phi) is 6.65. The molecule has 1 aliphatic carbocycles. The van der Waals surface area contributed by atoms with Crippen molar-refractivity contribution >= 4 is 5.91 Å². The van der Waals surface area contributed by atoms with E-state index >= 15 is 0 Å². The number of nitrogens with zero attached hydrogens (tertiary/aromatic N) is 3. The molecule has 31 heavy (non-hydrogen) atoms. The van der Waals surface area contributed by atoms with Crippen molar-refractivity contribution in [3.8, 4) is 17.1 Å². The smallest absolute Gasteiger partial charge is 0.264 e. The summed E-state index contributed by atoms with van der Waals surface area (Å²) >= 11 is 0. The lowest BCUT2D eigenvalue weighted by molar-refractivity contribution is -0.142. The fraction of sp³-hybridized carbons (Fsp3) is 0.400. The second-order valence-corrected chi connectivity index (χ2v) is 8.21. The van der Waals surface area contributed by atoms with Gasteiger partial charge in [0.25, 0.3) is 5.91 Å². The zero-order chi connectivity index (χ0) is 21.6. The second kappa shape index (κ2) is 9.77. The molecular weight excluding hydrogens is 390 g/mol. The van der Waals surface area contributed by atoms with Crippen LogP contribution in [0.4, 0.5) is 0 Å². The van der Waals surface area contributed by atoms with Crippen molar-refractivity contribution in [2.24, 2.45) is 0 Å². The second-order valence-electron chi connectivity index (χ2n) is 8.21. The molecule has 0 aliphatic heterocycles. The lowest BCUT2D eigenvalue weighted by Crippen LogP contribution is -2.46. The van der Waals surface area contributed by atoms with Gasteiger partial charge in [-0.25, -0.2) is 0 Å². The standard InChI is InChI=1S/C25H29N3O3/c1-18-10-9-11-20(16-18)24-26-23(31-27-24)17-28(21-12-5-3-6-13-21)25(29)19(2)30-22-14-7-4-8-15-22/h4,7-11,14-16,19,21H,3,5-6,12-13,17H2,1-2H3/t19-/m0/s1. The summed E-state index contributed by atoms with van der Waals surface area (Å²) in [6.45, 7) is 4.13. The Morgan fingerprint density at radius 1 is 1.13 bits per heavy atom. The van der Waals surface area contributed by atoms with Gasteiger partial charge in [-0.1, -0.05) is 66.4 Å². The van der Waals surface area contributed by atoms with Crippen molar-refractivity contribution in [1.82, 2.24) is 15.0 Å². The Hall–Kier alpha value is -3.15. The molecule has 1 heterocycles. The molecule has 1 fully saturated rings. The molecule has 1 atom stereocenters. The molecule has 0 unspecified atom stereocenters. The highest BCUT2D eigenvalue weighted by Crippen LogP contribution is 2.26. The molecular formula is C25H29N3O3. The number of carbonyl (C=O) groups excluding carboxylic acids is 1. The third-order valence-corrected chi connectivity index (χ3v) is 5.75. The molecule has 1 amide bonds. The first-order chi connectivity index (χ1) is 15.1. The normalized spacial score (nSPS) is 15.4. The fourth-order valence-electron chi connectivity index (χ4n) is 4.13. The topological polar surface area (TPSA) is 68.5 Å². The van der Waals surface area contributed by atoms with Crippen LogP contribution >= 0.6 is 0 Å². The highest BCUT2D eigenvalue weighted by Gasteiger charge is 2.31. The summed E-state index contributed by atoms with van der Waals surface area (Å²) in [5.74, 6) is 1.63. The van der Waals surface area contributed by atoms with Gasteiger partial charge in [0.1, 0.15) is 12.3 Å². The van der Waals surface area contributed by atoms with Crippen LogP contribution < -0.4 is 4.74 Å². The van der Waals surface area contributed by atoms with E-state index in [1.807, 2.05) is 66.4 Å². The zero-order valence-electron chi connectivity index (χ0n) is 18.2. The van der Waals surface area contributed by atoms with Gasteiger partial charge in [0, 0.05) is 11.6 Å². The molecule has 0 bridgehead atoms. The summed E-state index contributed by atoms with van der Waals surface area (Å²) in [5, 5.41) is 4.14. The Balaban J connectivity index is 1.52. The molecule has 3 aromatic rings.